The van der Waals surface area contributed by atoms with Crippen LogP contribution in [0, 0.1) is 0 Å². The number of carbonyl (C=O) groups excluding carboxylic acids is 1. The Morgan fingerprint density at radius 3 is 2.65 bits per heavy atom. The summed E-state index contributed by atoms with van der Waals surface area (Å²) in [4.78, 5) is 20.5. The SMILES string of the molecule is Cl.Cl.O=C(NCC(N1CCNCC1)C(F)(F)F)c1c[nH]c2ncccc12. The number of rotatable bonds is 4. The first-order valence-electron chi connectivity index (χ1n) is 7.68. The molecule has 1 aliphatic rings. The lowest BCUT2D eigenvalue weighted by molar-refractivity contribution is -0.183. The number of piperazine rings is 1. The molecule has 0 radical (unpaired) electrons. The van der Waals surface area contributed by atoms with Crippen molar-refractivity contribution in [3.05, 3.63) is 30.1 Å². The zero-order valence-corrected chi connectivity index (χ0v) is 15.3. The number of alkyl halides is 3. The number of nitrogens with zero attached hydrogens (tertiary/aromatic N) is 2. The van der Waals surface area contributed by atoms with Gasteiger partial charge in [-0.15, -0.1) is 24.8 Å². The van der Waals surface area contributed by atoms with Gasteiger partial charge in [-0.2, -0.15) is 13.2 Å². The highest BCUT2D eigenvalue weighted by Gasteiger charge is 2.43. The zero-order valence-electron chi connectivity index (χ0n) is 13.7. The van der Waals surface area contributed by atoms with Gasteiger partial charge >= 0.3 is 6.18 Å². The van der Waals surface area contributed by atoms with Crippen LogP contribution in [-0.4, -0.2) is 65.7 Å². The Balaban J connectivity index is 0.00000169. The second-order valence-corrected chi connectivity index (χ2v) is 5.66. The van der Waals surface area contributed by atoms with Gasteiger partial charge in [-0.25, -0.2) is 4.98 Å². The van der Waals surface area contributed by atoms with Gasteiger partial charge in [0.25, 0.3) is 5.91 Å². The molecule has 6 nitrogen and oxygen atoms in total. The molecule has 3 rings (SSSR count). The molecule has 0 spiro atoms. The molecule has 0 aliphatic carbocycles. The number of halogens is 5. The fourth-order valence-corrected chi connectivity index (χ4v) is 2.87. The maximum atomic E-state index is 13.3. The number of hydrogen-bond donors (Lipinski definition) is 3. The number of hydrogen-bond acceptors (Lipinski definition) is 4. The van der Waals surface area contributed by atoms with Gasteiger partial charge in [0.1, 0.15) is 11.7 Å². The van der Waals surface area contributed by atoms with E-state index in [1.54, 1.807) is 18.3 Å². The van der Waals surface area contributed by atoms with Crippen molar-refractivity contribution >= 4 is 41.8 Å². The summed E-state index contributed by atoms with van der Waals surface area (Å²) in [6.07, 6.45) is -1.36. The predicted octanol–water partition coefficient (Wildman–Crippen LogP) is 1.97. The van der Waals surface area contributed by atoms with Crippen LogP contribution in [0.1, 0.15) is 10.4 Å². The summed E-state index contributed by atoms with van der Waals surface area (Å²) in [6, 6.07) is 1.68. The van der Waals surface area contributed by atoms with E-state index in [1.165, 1.54) is 11.1 Å². The highest BCUT2D eigenvalue weighted by Crippen LogP contribution is 2.25. The summed E-state index contributed by atoms with van der Waals surface area (Å²) in [5.74, 6) is -0.543. The molecule has 2 aromatic heterocycles. The Labute approximate surface area is 160 Å². The van der Waals surface area contributed by atoms with Crippen molar-refractivity contribution < 1.29 is 18.0 Å². The molecule has 26 heavy (non-hydrogen) atoms. The Kier molecular flexibility index (Phi) is 8.14. The average molecular weight is 414 g/mol. The van der Waals surface area contributed by atoms with Gasteiger partial charge in [-0.05, 0) is 12.1 Å². The second-order valence-electron chi connectivity index (χ2n) is 5.66. The fraction of sp³-hybridized carbons (Fsp3) is 0.467. The molecule has 1 saturated heterocycles. The van der Waals surface area contributed by atoms with Gasteiger partial charge < -0.3 is 15.6 Å². The number of aromatic nitrogens is 2. The van der Waals surface area contributed by atoms with Gasteiger partial charge in [-0.3, -0.25) is 9.69 Å². The number of nitrogens with one attached hydrogen (secondary N) is 3. The Bertz CT molecular complexity index is 719. The van der Waals surface area contributed by atoms with Crippen LogP contribution in [-0.2, 0) is 0 Å². The zero-order chi connectivity index (χ0) is 17.2. The van der Waals surface area contributed by atoms with E-state index in [4.69, 9.17) is 0 Å². The van der Waals surface area contributed by atoms with Crippen LogP contribution in [0.5, 0.6) is 0 Å². The third kappa shape index (κ3) is 5.00. The largest absolute Gasteiger partial charge is 0.405 e. The smallest absolute Gasteiger partial charge is 0.350 e. The predicted molar refractivity (Wildman–Crippen MR) is 97.2 cm³/mol. The highest BCUT2D eigenvalue weighted by molar-refractivity contribution is 6.05. The molecule has 1 amide bonds. The number of aromatic amines is 1. The summed E-state index contributed by atoms with van der Waals surface area (Å²) < 4.78 is 40.0. The first-order valence-corrected chi connectivity index (χ1v) is 7.68. The monoisotopic (exact) mass is 413 g/mol. The first kappa shape index (κ1) is 22.5. The van der Waals surface area contributed by atoms with Crippen LogP contribution < -0.4 is 10.6 Å². The van der Waals surface area contributed by atoms with Gasteiger partial charge in [-0.1, -0.05) is 0 Å². The lowest BCUT2D eigenvalue weighted by atomic mass is 10.1. The maximum Gasteiger partial charge on any atom is 0.405 e. The van der Waals surface area contributed by atoms with E-state index in [0.29, 0.717) is 42.8 Å². The van der Waals surface area contributed by atoms with E-state index in [2.05, 4.69) is 20.6 Å². The van der Waals surface area contributed by atoms with E-state index in [-0.39, 0.29) is 24.8 Å². The molecular weight excluding hydrogens is 394 g/mol. The third-order valence-corrected chi connectivity index (χ3v) is 4.12. The fourth-order valence-electron chi connectivity index (χ4n) is 2.87. The molecule has 1 unspecified atom stereocenters. The third-order valence-electron chi connectivity index (χ3n) is 4.12. The molecular formula is C15H20Cl2F3N5O. The van der Waals surface area contributed by atoms with Crippen LogP contribution in [0.15, 0.2) is 24.5 Å². The molecule has 0 saturated carbocycles. The summed E-state index contributed by atoms with van der Waals surface area (Å²) >= 11 is 0. The Hall–Kier alpha value is -1.55. The molecule has 3 heterocycles. The molecule has 0 aromatic carbocycles. The van der Waals surface area contributed by atoms with Crippen LogP contribution in [0.3, 0.4) is 0 Å². The lowest BCUT2D eigenvalue weighted by Crippen LogP contribution is -2.57. The maximum absolute atomic E-state index is 13.3. The first-order chi connectivity index (χ1) is 11.5. The van der Waals surface area contributed by atoms with Crippen molar-refractivity contribution in [2.75, 3.05) is 32.7 Å². The van der Waals surface area contributed by atoms with Gasteiger partial charge in [0, 0.05) is 50.5 Å². The highest BCUT2D eigenvalue weighted by atomic mass is 35.5. The van der Waals surface area contributed by atoms with Crippen LogP contribution >= 0.6 is 24.8 Å². The minimum absolute atomic E-state index is 0. The average Bonchev–Trinajstić information content (AvgIpc) is 2.99. The van der Waals surface area contributed by atoms with Crippen molar-refractivity contribution in [3.63, 3.8) is 0 Å². The number of pyridine rings is 1. The number of carbonyl (C=O) groups is 1. The minimum Gasteiger partial charge on any atom is -0.350 e. The van der Waals surface area contributed by atoms with Crippen molar-refractivity contribution in [1.29, 1.82) is 0 Å². The molecule has 3 N–H and O–H groups in total. The topological polar surface area (TPSA) is 73.1 Å². The number of fused-ring (bicyclic) bond motifs is 1. The van der Waals surface area contributed by atoms with E-state index in [1.807, 2.05) is 0 Å². The van der Waals surface area contributed by atoms with Gasteiger partial charge in [0.15, 0.2) is 0 Å². The summed E-state index contributed by atoms with van der Waals surface area (Å²) in [5.41, 5.74) is 0.816. The number of amides is 1. The summed E-state index contributed by atoms with van der Waals surface area (Å²) in [7, 11) is 0. The van der Waals surface area contributed by atoms with Gasteiger partial charge in [0.05, 0.1) is 5.56 Å². The molecule has 1 atom stereocenters. The second kappa shape index (κ2) is 9.40. The Morgan fingerprint density at radius 1 is 1.31 bits per heavy atom. The van der Waals surface area contributed by atoms with E-state index < -0.39 is 24.7 Å². The molecule has 11 heteroatoms. The molecule has 2 aromatic rings. The van der Waals surface area contributed by atoms with E-state index in [0.717, 1.165) is 0 Å². The van der Waals surface area contributed by atoms with Crippen molar-refractivity contribution in [2.24, 2.45) is 0 Å². The van der Waals surface area contributed by atoms with Crippen molar-refractivity contribution in [3.8, 4) is 0 Å². The standard InChI is InChI=1S/C15H18F3N5O.2ClH/c16-15(17,18)12(23-6-4-19-5-7-23)9-22-14(24)11-8-21-13-10(11)2-1-3-20-13;;/h1-3,8,12,19H,4-7,9H2,(H,20,21)(H,22,24);2*1H. The van der Waals surface area contributed by atoms with Crippen LogP contribution in [0.25, 0.3) is 11.0 Å². The van der Waals surface area contributed by atoms with Crippen LogP contribution in [0.4, 0.5) is 13.2 Å². The van der Waals surface area contributed by atoms with E-state index >= 15 is 0 Å². The molecule has 146 valence electrons. The summed E-state index contributed by atoms with van der Waals surface area (Å²) in [6.45, 7) is 1.15. The lowest BCUT2D eigenvalue weighted by Gasteiger charge is -2.35. The van der Waals surface area contributed by atoms with E-state index in [9.17, 15) is 18.0 Å². The van der Waals surface area contributed by atoms with Crippen molar-refractivity contribution in [1.82, 2.24) is 25.5 Å². The van der Waals surface area contributed by atoms with Gasteiger partial charge in [0.2, 0.25) is 0 Å². The minimum atomic E-state index is -4.40. The van der Waals surface area contributed by atoms with Crippen LogP contribution in [0.2, 0.25) is 0 Å². The molecule has 1 fully saturated rings. The summed E-state index contributed by atoms with van der Waals surface area (Å²) in [5, 5.41) is 6.02. The normalized spacial score (nSPS) is 16.4. The molecule has 0 bridgehead atoms. The van der Waals surface area contributed by atoms with Crippen molar-refractivity contribution in [2.45, 2.75) is 12.2 Å². The molecule has 1 aliphatic heterocycles. The Morgan fingerprint density at radius 2 is 2.00 bits per heavy atom. The quantitative estimate of drug-likeness (QED) is 0.716. The number of H-pyrrole nitrogens is 1.